The van der Waals surface area contributed by atoms with Crippen molar-refractivity contribution in [1.82, 2.24) is 15.6 Å². The van der Waals surface area contributed by atoms with Crippen LogP contribution in [0.1, 0.15) is 38.2 Å². The largest absolute Gasteiger partial charge is 0.369 e. The quantitative estimate of drug-likeness (QED) is 0.333. The Morgan fingerprint density at radius 3 is 2.65 bits per heavy atom. The van der Waals surface area contributed by atoms with Crippen molar-refractivity contribution >= 4 is 41.4 Å². The van der Waals surface area contributed by atoms with Crippen LogP contribution < -0.4 is 20.4 Å². The molecular formula is C24H35IN6. The molecule has 2 N–H and O–H groups in total. The number of guanidine groups is 1. The number of nitrogens with one attached hydrogen (secondary N) is 2. The number of anilines is 2. The van der Waals surface area contributed by atoms with Gasteiger partial charge in [-0.15, -0.1) is 24.0 Å². The summed E-state index contributed by atoms with van der Waals surface area (Å²) in [5.41, 5.74) is 2.51. The third-order valence-electron chi connectivity index (χ3n) is 5.90. The molecule has 1 aromatic carbocycles. The Bertz CT molecular complexity index is 822. The summed E-state index contributed by atoms with van der Waals surface area (Å²) in [6.45, 7) is 7.94. The normalized spacial score (nSPS) is 19.1. The summed E-state index contributed by atoms with van der Waals surface area (Å²) in [5, 5.41) is 7.04. The van der Waals surface area contributed by atoms with Crippen molar-refractivity contribution in [2.75, 3.05) is 42.5 Å². The summed E-state index contributed by atoms with van der Waals surface area (Å²) in [7, 11) is 0. The molecule has 0 aliphatic carbocycles. The van der Waals surface area contributed by atoms with Crippen LogP contribution in [-0.4, -0.2) is 49.7 Å². The zero-order chi connectivity index (χ0) is 20.6. The fourth-order valence-corrected chi connectivity index (χ4v) is 4.29. The second-order valence-electron chi connectivity index (χ2n) is 8.18. The molecule has 1 atom stereocenters. The molecule has 1 unspecified atom stereocenters. The number of hydrogen-bond acceptors (Lipinski definition) is 4. The van der Waals surface area contributed by atoms with Gasteiger partial charge in [-0.1, -0.05) is 18.2 Å². The molecule has 168 valence electrons. The molecule has 1 aromatic heterocycles. The molecule has 4 rings (SSSR count). The Morgan fingerprint density at radius 2 is 1.87 bits per heavy atom. The number of aromatic nitrogens is 1. The fraction of sp³-hybridized carbons (Fsp3) is 0.500. The second kappa shape index (κ2) is 12.1. The van der Waals surface area contributed by atoms with Gasteiger partial charge in [-0.2, -0.15) is 0 Å². The first-order valence-corrected chi connectivity index (χ1v) is 11.4. The van der Waals surface area contributed by atoms with Crippen LogP contribution >= 0.6 is 24.0 Å². The molecular weight excluding hydrogens is 499 g/mol. The van der Waals surface area contributed by atoms with Gasteiger partial charge >= 0.3 is 0 Å². The van der Waals surface area contributed by atoms with E-state index >= 15 is 0 Å². The Morgan fingerprint density at radius 1 is 1.06 bits per heavy atom. The molecule has 2 aliphatic rings. The summed E-state index contributed by atoms with van der Waals surface area (Å²) in [6.07, 6.45) is 6.90. The molecule has 0 spiro atoms. The highest BCUT2D eigenvalue weighted by molar-refractivity contribution is 14.0. The van der Waals surface area contributed by atoms with Crippen molar-refractivity contribution in [3.05, 3.63) is 54.2 Å². The third-order valence-corrected chi connectivity index (χ3v) is 5.90. The molecule has 3 heterocycles. The minimum absolute atomic E-state index is 0. The zero-order valence-electron chi connectivity index (χ0n) is 18.5. The lowest BCUT2D eigenvalue weighted by atomic mass is 10.1. The van der Waals surface area contributed by atoms with E-state index < -0.39 is 0 Å². The molecule has 31 heavy (non-hydrogen) atoms. The molecule has 0 saturated carbocycles. The first-order chi connectivity index (χ1) is 14.8. The summed E-state index contributed by atoms with van der Waals surface area (Å²) >= 11 is 0. The average molecular weight is 534 g/mol. The maximum Gasteiger partial charge on any atom is 0.191 e. The number of nitrogens with zero attached hydrogens (tertiary/aromatic N) is 4. The van der Waals surface area contributed by atoms with Crippen molar-refractivity contribution in [1.29, 1.82) is 0 Å². The Labute approximate surface area is 203 Å². The number of aliphatic imine (C=N–C) groups is 1. The minimum atomic E-state index is 0. The maximum atomic E-state index is 4.86. The lowest BCUT2D eigenvalue weighted by Gasteiger charge is -2.27. The van der Waals surface area contributed by atoms with Crippen molar-refractivity contribution in [3.63, 3.8) is 0 Å². The number of pyridine rings is 1. The van der Waals surface area contributed by atoms with Gasteiger partial charge in [-0.25, -0.2) is 9.98 Å². The number of hydrogen-bond donors (Lipinski definition) is 2. The van der Waals surface area contributed by atoms with Crippen LogP contribution in [0.25, 0.3) is 0 Å². The van der Waals surface area contributed by atoms with Gasteiger partial charge in [0.2, 0.25) is 0 Å². The van der Waals surface area contributed by atoms with Crippen LogP contribution in [0.4, 0.5) is 11.5 Å². The fourth-order valence-electron chi connectivity index (χ4n) is 4.29. The number of benzene rings is 1. The zero-order valence-corrected chi connectivity index (χ0v) is 20.8. The van der Waals surface area contributed by atoms with E-state index in [0.717, 1.165) is 50.9 Å². The molecule has 7 heteroatoms. The summed E-state index contributed by atoms with van der Waals surface area (Å²) in [5.74, 6) is 1.99. The summed E-state index contributed by atoms with van der Waals surface area (Å²) in [4.78, 5) is 14.3. The van der Waals surface area contributed by atoms with Crippen molar-refractivity contribution < 1.29 is 0 Å². The van der Waals surface area contributed by atoms with E-state index in [1.165, 1.54) is 30.5 Å². The van der Waals surface area contributed by atoms with Gasteiger partial charge in [-0.3, -0.25) is 0 Å². The number of para-hydroxylation sites is 1. The van der Waals surface area contributed by atoms with Crippen LogP contribution in [0.3, 0.4) is 0 Å². The van der Waals surface area contributed by atoms with Gasteiger partial charge in [0, 0.05) is 50.6 Å². The smallest absolute Gasteiger partial charge is 0.191 e. The number of piperidine rings is 1. The topological polar surface area (TPSA) is 55.8 Å². The van der Waals surface area contributed by atoms with Gasteiger partial charge < -0.3 is 20.4 Å². The van der Waals surface area contributed by atoms with Gasteiger partial charge in [0.05, 0.1) is 6.54 Å². The van der Waals surface area contributed by atoms with Gasteiger partial charge in [0.1, 0.15) is 5.82 Å². The standard InChI is InChI=1S/C24H34N6.HI/c1-2-25-24(28-21-12-16-30(19-21)22-9-5-3-6-10-22)27-18-20-11-13-26-23(17-20)29-14-7-4-8-15-29;/h3,5-6,9-11,13,17,21H,2,4,7-8,12,14-16,18-19H2,1H3,(H2,25,27,28);1H. The number of rotatable bonds is 6. The van der Waals surface area contributed by atoms with Crippen LogP contribution in [0.15, 0.2) is 53.7 Å². The van der Waals surface area contributed by atoms with Crippen molar-refractivity contribution in [2.24, 2.45) is 4.99 Å². The summed E-state index contributed by atoms with van der Waals surface area (Å²) in [6, 6.07) is 15.3. The predicted octanol–water partition coefficient (Wildman–Crippen LogP) is 4.02. The van der Waals surface area contributed by atoms with Gasteiger partial charge in [0.15, 0.2) is 5.96 Å². The monoisotopic (exact) mass is 534 g/mol. The summed E-state index contributed by atoms with van der Waals surface area (Å²) < 4.78 is 0. The molecule has 2 aromatic rings. The highest BCUT2D eigenvalue weighted by Crippen LogP contribution is 2.20. The average Bonchev–Trinajstić information content (AvgIpc) is 3.28. The molecule has 0 amide bonds. The Kier molecular flexibility index (Phi) is 9.24. The van der Waals surface area contributed by atoms with Crippen LogP contribution in [-0.2, 0) is 6.54 Å². The van der Waals surface area contributed by atoms with E-state index in [-0.39, 0.29) is 24.0 Å². The van der Waals surface area contributed by atoms with Crippen LogP contribution in [0, 0.1) is 0 Å². The van der Waals surface area contributed by atoms with E-state index in [1.807, 2.05) is 6.20 Å². The Balaban J connectivity index is 0.00000272. The van der Waals surface area contributed by atoms with E-state index in [4.69, 9.17) is 4.99 Å². The first kappa shape index (κ1) is 23.6. The SMILES string of the molecule is CCNC(=NCc1ccnc(N2CCCCC2)c1)NC1CCN(c2ccccc2)C1.I. The molecule has 2 aliphatic heterocycles. The maximum absolute atomic E-state index is 4.86. The van der Waals surface area contributed by atoms with Crippen molar-refractivity contribution in [2.45, 2.75) is 45.2 Å². The van der Waals surface area contributed by atoms with E-state index in [2.05, 4.69) is 74.8 Å². The lowest BCUT2D eigenvalue weighted by Crippen LogP contribution is -2.44. The first-order valence-electron chi connectivity index (χ1n) is 11.4. The highest BCUT2D eigenvalue weighted by atomic mass is 127. The molecule has 0 radical (unpaired) electrons. The van der Waals surface area contributed by atoms with E-state index in [9.17, 15) is 0 Å². The van der Waals surface area contributed by atoms with Crippen molar-refractivity contribution in [3.8, 4) is 0 Å². The lowest BCUT2D eigenvalue weighted by molar-refractivity contribution is 0.573. The Hall–Kier alpha value is -2.03. The second-order valence-corrected chi connectivity index (χ2v) is 8.18. The highest BCUT2D eigenvalue weighted by Gasteiger charge is 2.23. The molecule has 6 nitrogen and oxygen atoms in total. The molecule has 2 saturated heterocycles. The molecule has 0 bridgehead atoms. The van der Waals surface area contributed by atoms with Gasteiger partial charge in [-0.05, 0) is 62.4 Å². The minimum Gasteiger partial charge on any atom is -0.369 e. The predicted molar refractivity (Wildman–Crippen MR) is 141 cm³/mol. The molecule has 2 fully saturated rings. The van der Waals surface area contributed by atoms with Gasteiger partial charge in [0.25, 0.3) is 0 Å². The third kappa shape index (κ3) is 6.72. The van der Waals surface area contributed by atoms with Crippen LogP contribution in [0.5, 0.6) is 0 Å². The van der Waals surface area contributed by atoms with Crippen LogP contribution in [0.2, 0.25) is 0 Å². The number of halogens is 1. The van der Waals surface area contributed by atoms with E-state index in [1.54, 1.807) is 0 Å². The van der Waals surface area contributed by atoms with E-state index in [0.29, 0.717) is 12.6 Å².